The number of nitrogens with zero attached hydrogens (tertiary/aromatic N) is 2. The normalized spacial score (nSPS) is 18.5. The van der Waals surface area contributed by atoms with Gasteiger partial charge in [-0.1, -0.05) is 0 Å². The highest BCUT2D eigenvalue weighted by molar-refractivity contribution is 6.19. The minimum absolute atomic E-state index is 0.378. The van der Waals surface area contributed by atoms with E-state index in [0.717, 1.165) is 6.21 Å². The standard InChI is InChI=1S/C10H5F3N2O3/c11-6-1-4(2-7(12)8(6)13)15-9(16)5(3-14-15)10(17)18/h1-3,5H,(H,17,18). The maximum Gasteiger partial charge on any atom is 0.321 e. The molecule has 1 aliphatic rings. The molecule has 1 heterocycles. The molecule has 0 saturated heterocycles. The molecule has 0 fully saturated rings. The van der Waals surface area contributed by atoms with Gasteiger partial charge in [0.2, 0.25) is 0 Å². The van der Waals surface area contributed by atoms with E-state index in [1.807, 2.05) is 0 Å². The lowest BCUT2D eigenvalue weighted by Crippen LogP contribution is -2.30. The Morgan fingerprint density at radius 3 is 2.28 bits per heavy atom. The van der Waals surface area contributed by atoms with Gasteiger partial charge < -0.3 is 5.11 Å². The van der Waals surface area contributed by atoms with Gasteiger partial charge in [-0.3, -0.25) is 9.59 Å². The Morgan fingerprint density at radius 1 is 1.28 bits per heavy atom. The molecule has 1 N–H and O–H groups in total. The van der Waals surface area contributed by atoms with Gasteiger partial charge in [-0.05, 0) is 0 Å². The van der Waals surface area contributed by atoms with Crippen LogP contribution in [0.1, 0.15) is 0 Å². The molecule has 0 saturated carbocycles. The Bertz CT molecular complexity index is 550. The first-order chi connectivity index (χ1) is 8.41. The van der Waals surface area contributed by atoms with Gasteiger partial charge in [0.15, 0.2) is 23.4 Å². The third-order valence-electron chi connectivity index (χ3n) is 2.29. The van der Waals surface area contributed by atoms with Crippen molar-refractivity contribution in [3.05, 3.63) is 29.6 Å². The minimum Gasteiger partial charge on any atom is -0.480 e. The monoisotopic (exact) mass is 258 g/mol. The van der Waals surface area contributed by atoms with Gasteiger partial charge in [-0.15, -0.1) is 0 Å². The topological polar surface area (TPSA) is 70.0 Å². The largest absolute Gasteiger partial charge is 0.480 e. The first-order valence-electron chi connectivity index (χ1n) is 4.67. The first kappa shape index (κ1) is 12.1. The summed E-state index contributed by atoms with van der Waals surface area (Å²) in [7, 11) is 0. The van der Waals surface area contributed by atoms with Crippen molar-refractivity contribution in [1.82, 2.24) is 0 Å². The second kappa shape index (κ2) is 4.13. The molecule has 2 rings (SSSR count). The summed E-state index contributed by atoms with van der Waals surface area (Å²) in [5.74, 6) is -8.59. The Morgan fingerprint density at radius 2 is 1.83 bits per heavy atom. The van der Waals surface area contributed by atoms with E-state index in [4.69, 9.17) is 5.11 Å². The van der Waals surface area contributed by atoms with E-state index in [0.29, 0.717) is 17.1 Å². The van der Waals surface area contributed by atoms with E-state index >= 15 is 0 Å². The number of rotatable bonds is 2. The number of carbonyl (C=O) groups is 2. The van der Waals surface area contributed by atoms with Gasteiger partial charge in [0, 0.05) is 18.3 Å². The number of carboxylic acid groups (broad SMARTS) is 1. The predicted molar refractivity (Wildman–Crippen MR) is 53.4 cm³/mol. The average molecular weight is 258 g/mol. The lowest BCUT2D eigenvalue weighted by Gasteiger charge is -2.13. The maximum absolute atomic E-state index is 13.0. The van der Waals surface area contributed by atoms with Crippen molar-refractivity contribution in [2.75, 3.05) is 5.01 Å². The lowest BCUT2D eigenvalue weighted by atomic mass is 10.1. The number of hydrogen-bond acceptors (Lipinski definition) is 3. The molecule has 1 atom stereocenters. The van der Waals surface area contributed by atoms with Crippen LogP contribution in [0.25, 0.3) is 0 Å². The van der Waals surface area contributed by atoms with Crippen LogP contribution in [0.5, 0.6) is 0 Å². The van der Waals surface area contributed by atoms with Crippen molar-refractivity contribution >= 4 is 23.8 Å². The summed E-state index contributed by atoms with van der Waals surface area (Å²) in [6.07, 6.45) is 0.823. The molecular weight excluding hydrogens is 253 g/mol. The van der Waals surface area contributed by atoms with E-state index in [1.165, 1.54) is 0 Å². The summed E-state index contributed by atoms with van der Waals surface area (Å²) in [6, 6.07) is 1.11. The third kappa shape index (κ3) is 1.81. The number of hydrazone groups is 1. The van der Waals surface area contributed by atoms with Crippen molar-refractivity contribution in [2.45, 2.75) is 0 Å². The van der Waals surface area contributed by atoms with Crippen molar-refractivity contribution in [1.29, 1.82) is 0 Å². The van der Waals surface area contributed by atoms with Gasteiger partial charge in [-0.25, -0.2) is 13.2 Å². The van der Waals surface area contributed by atoms with Crippen LogP contribution < -0.4 is 5.01 Å². The zero-order chi connectivity index (χ0) is 13.4. The van der Waals surface area contributed by atoms with Gasteiger partial charge in [0.05, 0.1) is 5.69 Å². The number of anilines is 1. The molecule has 1 unspecified atom stereocenters. The number of amides is 1. The Balaban J connectivity index is 2.38. The van der Waals surface area contributed by atoms with Crippen molar-refractivity contribution in [2.24, 2.45) is 11.0 Å². The molecule has 0 bridgehead atoms. The fraction of sp³-hybridized carbons (Fsp3) is 0.100. The summed E-state index contributed by atoms with van der Waals surface area (Å²) in [4.78, 5) is 22.2. The van der Waals surface area contributed by atoms with Crippen LogP contribution in [-0.4, -0.2) is 23.2 Å². The third-order valence-corrected chi connectivity index (χ3v) is 2.29. The van der Waals surface area contributed by atoms with Crippen LogP contribution in [-0.2, 0) is 9.59 Å². The van der Waals surface area contributed by atoms with Crippen LogP contribution in [0.4, 0.5) is 18.9 Å². The van der Waals surface area contributed by atoms with E-state index < -0.39 is 35.2 Å². The van der Waals surface area contributed by atoms with Crippen LogP contribution in [0.2, 0.25) is 0 Å². The zero-order valence-corrected chi connectivity index (χ0v) is 8.60. The Labute approximate surface area is 98.1 Å². The summed E-state index contributed by atoms with van der Waals surface area (Å²) in [5.41, 5.74) is -0.378. The fourth-order valence-electron chi connectivity index (χ4n) is 1.41. The second-order valence-corrected chi connectivity index (χ2v) is 3.45. The molecule has 0 aliphatic carbocycles. The van der Waals surface area contributed by atoms with Gasteiger partial charge in [0.1, 0.15) is 0 Å². The fourth-order valence-corrected chi connectivity index (χ4v) is 1.41. The quantitative estimate of drug-likeness (QED) is 0.638. The number of halogens is 3. The van der Waals surface area contributed by atoms with Crippen molar-refractivity contribution < 1.29 is 27.9 Å². The molecule has 94 valence electrons. The zero-order valence-electron chi connectivity index (χ0n) is 8.60. The number of carboxylic acids is 1. The molecule has 18 heavy (non-hydrogen) atoms. The highest BCUT2D eigenvalue weighted by Crippen LogP contribution is 2.25. The van der Waals surface area contributed by atoms with Crippen molar-refractivity contribution in [3.63, 3.8) is 0 Å². The molecule has 0 radical (unpaired) electrons. The van der Waals surface area contributed by atoms with E-state index in [9.17, 15) is 22.8 Å². The first-order valence-corrected chi connectivity index (χ1v) is 4.67. The number of carbonyl (C=O) groups excluding carboxylic acids is 1. The molecular formula is C10H5F3N2O3. The summed E-state index contributed by atoms with van der Waals surface area (Å²) < 4.78 is 38.6. The molecule has 1 aromatic rings. The average Bonchev–Trinajstić information content (AvgIpc) is 2.67. The summed E-state index contributed by atoms with van der Waals surface area (Å²) >= 11 is 0. The molecule has 1 aliphatic heterocycles. The molecule has 1 aromatic carbocycles. The lowest BCUT2D eigenvalue weighted by molar-refractivity contribution is -0.142. The number of benzene rings is 1. The van der Waals surface area contributed by atoms with E-state index in [-0.39, 0.29) is 5.69 Å². The van der Waals surface area contributed by atoms with Crippen LogP contribution in [0.15, 0.2) is 17.2 Å². The minimum atomic E-state index is -1.68. The highest BCUT2D eigenvalue weighted by atomic mass is 19.2. The predicted octanol–water partition coefficient (Wildman–Crippen LogP) is 1.14. The summed E-state index contributed by atoms with van der Waals surface area (Å²) in [6.45, 7) is 0. The Kier molecular flexibility index (Phi) is 2.77. The molecule has 5 nitrogen and oxygen atoms in total. The van der Waals surface area contributed by atoms with E-state index in [1.54, 1.807) is 0 Å². The molecule has 0 spiro atoms. The molecule has 1 amide bonds. The second-order valence-electron chi connectivity index (χ2n) is 3.45. The van der Waals surface area contributed by atoms with Gasteiger partial charge in [0.25, 0.3) is 5.91 Å². The molecule has 0 aromatic heterocycles. The molecule has 8 heteroatoms. The number of hydrogen-bond donors (Lipinski definition) is 1. The summed E-state index contributed by atoms with van der Waals surface area (Å²) in [5, 5.41) is 12.6. The van der Waals surface area contributed by atoms with Crippen molar-refractivity contribution in [3.8, 4) is 0 Å². The smallest absolute Gasteiger partial charge is 0.321 e. The highest BCUT2D eigenvalue weighted by Gasteiger charge is 2.35. The SMILES string of the molecule is O=C(O)C1C=NN(c2cc(F)c(F)c(F)c2)C1=O. The van der Waals surface area contributed by atoms with Crippen LogP contribution >= 0.6 is 0 Å². The van der Waals surface area contributed by atoms with Crippen LogP contribution in [0, 0.1) is 23.4 Å². The van der Waals surface area contributed by atoms with E-state index in [2.05, 4.69) is 5.10 Å². The maximum atomic E-state index is 13.0. The van der Waals surface area contributed by atoms with Crippen LogP contribution in [0.3, 0.4) is 0 Å². The van der Waals surface area contributed by atoms with Gasteiger partial charge >= 0.3 is 5.97 Å². The Hall–Kier alpha value is -2.38. The number of aliphatic carboxylic acids is 1. The van der Waals surface area contributed by atoms with Gasteiger partial charge in [-0.2, -0.15) is 10.1 Å².